The molecule has 1 aromatic carbocycles. The van der Waals surface area contributed by atoms with Gasteiger partial charge in [0.2, 0.25) is 0 Å². The van der Waals surface area contributed by atoms with Gasteiger partial charge in [0, 0.05) is 24.6 Å². The Balaban J connectivity index is 1.69. The zero-order valence-corrected chi connectivity index (χ0v) is 13.3. The van der Waals surface area contributed by atoms with Gasteiger partial charge in [0.05, 0.1) is 13.2 Å². The zero-order valence-electron chi connectivity index (χ0n) is 13.3. The maximum absolute atomic E-state index is 11.6. The topological polar surface area (TPSA) is 29.5 Å². The number of Topliss-reactive ketones (excluding diaryl/α,β-unsaturated/α-hetero) is 1. The Hall–Kier alpha value is -1.19. The molecule has 0 aliphatic carbocycles. The minimum atomic E-state index is 0.196. The first-order chi connectivity index (χ1) is 10.2. The number of piperidine rings is 1. The van der Waals surface area contributed by atoms with Gasteiger partial charge in [0.25, 0.3) is 0 Å². The van der Waals surface area contributed by atoms with E-state index in [0.29, 0.717) is 19.1 Å². The van der Waals surface area contributed by atoms with Crippen LogP contribution in [0.3, 0.4) is 0 Å². The lowest BCUT2D eigenvalue weighted by molar-refractivity contribution is 0.0684. The van der Waals surface area contributed by atoms with Crippen molar-refractivity contribution in [1.29, 1.82) is 0 Å². The summed E-state index contributed by atoms with van der Waals surface area (Å²) < 4.78 is 5.77. The van der Waals surface area contributed by atoms with E-state index in [0.717, 1.165) is 24.3 Å². The van der Waals surface area contributed by atoms with Gasteiger partial charge in [-0.15, -0.1) is 0 Å². The van der Waals surface area contributed by atoms with Crippen LogP contribution in [-0.4, -0.2) is 36.4 Å². The molecule has 0 bridgehead atoms. The highest BCUT2D eigenvalue weighted by Gasteiger charge is 2.17. The molecule has 0 radical (unpaired) electrons. The van der Waals surface area contributed by atoms with Crippen molar-refractivity contribution in [1.82, 2.24) is 4.90 Å². The summed E-state index contributed by atoms with van der Waals surface area (Å²) in [5, 5.41) is 0. The summed E-state index contributed by atoms with van der Waals surface area (Å²) in [6.45, 7) is 7.83. The molecule has 1 unspecified atom stereocenters. The van der Waals surface area contributed by atoms with Gasteiger partial charge in [-0.25, -0.2) is 0 Å². The molecule has 1 heterocycles. The summed E-state index contributed by atoms with van der Waals surface area (Å²) >= 11 is 0. The van der Waals surface area contributed by atoms with E-state index in [1.54, 1.807) is 0 Å². The SMILES string of the molecule is CCC(=O)c1ccc(COCCN2CCCCC2C)cc1. The Bertz CT molecular complexity index is 441. The second-order valence-corrected chi connectivity index (χ2v) is 5.91. The fourth-order valence-corrected chi connectivity index (χ4v) is 2.85. The van der Waals surface area contributed by atoms with Gasteiger partial charge in [-0.2, -0.15) is 0 Å². The molecule has 3 heteroatoms. The third-order valence-electron chi connectivity index (χ3n) is 4.33. The van der Waals surface area contributed by atoms with Crippen molar-refractivity contribution < 1.29 is 9.53 Å². The maximum Gasteiger partial charge on any atom is 0.162 e. The van der Waals surface area contributed by atoms with Crippen LogP contribution >= 0.6 is 0 Å². The van der Waals surface area contributed by atoms with Crippen LogP contribution in [0, 0.1) is 0 Å². The fraction of sp³-hybridized carbons (Fsp3) is 0.611. The van der Waals surface area contributed by atoms with Crippen LogP contribution in [0.2, 0.25) is 0 Å². The van der Waals surface area contributed by atoms with E-state index < -0.39 is 0 Å². The summed E-state index contributed by atoms with van der Waals surface area (Å²) in [6, 6.07) is 8.48. The predicted molar refractivity (Wildman–Crippen MR) is 85.6 cm³/mol. The van der Waals surface area contributed by atoms with Crippen LogP contribution in [0.15, 0.2) is 24.3 Å². The number of likely N-dealkylation sites (tertiary alicyclic amines) is 1. The van der Waals surface area contributed by atoms with Gasteiger partial charge in [0.15, 0.2) is 5.78 Å². The Morgan fingerprint density at radius 2 is 2.05 bits per heavy atom. The second kappa shape index (κ2) is 8.30. The molecule has 21 heavy (non-hydrogen) atoms. The fourth-order valence-electron chi connectivity index (χ4n) is 2.85. The lowest BCUT2D eigenvalue weighted by Crippen LogP contribution is -2.39. The van der Waals surface area contributed by atoms with Crippen LogP contribution in [-0.2, 0) is 11.3 Å². The Kier molecular flexibility index (Phi) is 6.40. The number of hydrogen-bond acceptors (Lipinski definition) is 3. The minimum absolute atomic E-state index is 0.196. The van der Waals surface area contributed by atoms with Crippen LogP contribution in [0.1, 0.15) is 55.5 Å². The van der Waals surface area contributed by atoms with Gasteiger partial charge in [-0.3, -0.25) is 9.69 Å². The number of hydrogen-bond donors (Lipinski definition) is 0. The van der Waals surface area contributed by atoms with E-state index in [1.165, 1.54) is 25.8 Å². The summed E-state index contributed by atoms with van der Waals surface area (Å²) in [5.41, 5.74) is 1.93. The summed E-state index contributed by atoms with van der Waals surface area (Å²) in [6.07, 6.45) is 4.55. The number of ether oxygens (including phenoxy) is 1. The van der Waals surface area contributed by atoms with Crippen LogP contribution in [0.5, 0.6) is 0 Å². The average molecular weight is 289 g/mol. The van der Waals surface area contributed by atoms with Crippen LogP contribution in [0.25, 0.3) is 0 Å². The molecule has 1 aromatic rings. The van der Waals surface area contributed by atoms with Crippen LogP contribution in [0.4, 0.5) is 0 Å². The van der Waals surface area contributed by atoms with Gasteiger partial charge in [-0.1, -0.05) is 37.6 Å². The van der Waals surface area contributed by atoms with E-state index in [9.17, 15) is 4.79 Å². The number of carbonyl (C=O) groups excluding carboxylic acids is 1. The quantitative estimate of drug-likeness (QED) is 0.566. The van der Waals surface area contributed by atoms with E-state index in [-0.39, 0.29) is 5.78 Å². The molecule has 0 amide bonds. The molecule has 1 saturated heterocycles. The monoisotopic (exact) mass is 289 g/mol. The van der Waals surface area contributed by atoms with Crippen molar-refractivity contribution >= 4 is 5.78 Å². The van der Waals surface area contributed by atoms with Crippen molar-refractivity contribution in [2.24, 2.45) is 0 Å². The number of carbonyl (C=O) groups is 1. The molecule has 0 aromatic heterocycles. The Morgan fingerprint density at radius 3 is 2.71 bits per heavy atom. The molecule has 116 valence electrons. The lowest BCUT2D eigenvalue weighted by atomic mass is 10.0. The van der Waals surface area contributed by atoms with Crippen LogP contribution < -0.4 is 0 Å². The minimum Gasteiger partial charge on any atom is -0.375 e. The standard InChI is InChI=1S/C18H27NO2/c1-3-18(20)17-9-7-16(8-10-17)14-21-13-12-19-11-5-4-6-15(19)2/h7-10,15H,3-6,11-14H2,1-2H3. The highest BCUT2D eigenvalue weighted by Crippen LogP contribution is 2.15. The molecule has 0 N–H and O–H groups in total. The Morgan fingerprint density at radius 1 is 1.29 bits per heavy atom. The molecular weight excluding hydrogens is 262 g/mol. The van der Waals surface area contributed by atoms with Crippen molar-refractivity contribution in [2.45, 2.75) is 52.2 Å². The molecule has 1 aliphatic rings. The molecule has 1 atom stereocenters. The highest BCUT2D eigenvalue weighted by atomic mass is 16.5. The molecule has 0 spiro atoms. The lowest BCUT2D eigenvalue weighted by Gasteiger charge is -2.33. The molecule has 1 aliphatic heterocycles. The van der Waals surface area contributed by atoms with E-state index in [4.69, 9.17) is 4.74 Å². The number of ketones is 1. The first kappa shape index (κ1) is 16.2. The van der Waals surface area contributed by atoms with Crippen molar-refractivity contribution in [2.75, 3.05) is 19.7 Å². The van der Waals surface area contributed by atoms with Gasteiger partial charge < -0.3 is 4.74 Å². The Labute approximate surface area is 128 Å². The largest absolute Gasteiger partial charge is 0.375 e. The van der Waals surface area contributed by atoms with Gasteiger partial charge in [0.1, 0.15) is 0 Å². The number of nitrogens with zero attached hydrogens (tertiary/aromatic N) is 1. The first-order valence-corrected chi connectivity index (χ1v) is 8.14. The van der Waals surface area contributed by atoms with E-state index in [2.05, 4.69) is 11.8 Å². The first-order valence-electron chi connectivity index (χ1n) is 8.14. The molecule has 0 saturated carbocycles. The second-order valence-electron chi connectivity index (χ2n) is 5.91. The third kappa shape index (κ3) is 4.94. The molecule has 3 nitrogen and oxygen atoms in total. The summed E-state index contributed by atoms with van der Waals surface area (Å²) in [4.78, 5) is 14.1. The van der Waals surface area contributed by atoms with Crippen molar-refractivity contribution in [3.8, 4) is 0 Å². The van der Waals surface area contributed by atoms with Crippen molar-refractivity contribution in [3.05, 3.63) is 35.4 Å². The number of benzene rings is 1. The van der Waals surface area contributed by atoms with Crippen molar-refractivity contribution in [3.63, 3.8) is 0 Å². The number of rotatable bonds is 7. The zero-order chi connectivity index (χ0) is 15.1. The smallest absolute Gasteiger partial charge is 0.162 e. The third-order valence-corrected chi connectivity index (χ3v) is 4.33. The normalized spacial score (nSPS) is 19.6. The van der Waals surface area contributed by atoms with Gasteiger partial charge in [-0.05, 0) is 31.9 Å². The molecule has 1 fully saturated rings. The van der Waals surface area contributed by atoms with E-state index in [1.807, 2.05) is 31.2 Å². The summed E-state index contributed by atoms with van der Waals surface area (Å²) in [5.74, 6) is 0.196. The summed E-state index contributed by atoms with van der Waals surface area (Å²) in [7, 11) is 0. The average Bonchev–Trinajstić information content (AvgIpc) is 2.53. The predicted octanol–water partition coefficient (Wildman–Crippen LogP) is 3.67. The molecular formula is C18H27NO2. The molecule has 2 rings (SSSR count). The maximum atomic E-state index is 11.6. The van der Waals surface area contributed by atoms with E-state index >= 15 is 0 Å². The van der Waals surface area contributed by atoms with Gasteiger partial charge >= 0.3 is 0 Å². The highest BCUT2D eigenvalue weighted by molar-refractivity contribution is 5.95.